The van der Waals surface area contributed by atoms with Crippen molar-refractivity contribution in [2.24, 2.45) is 0 Å². The topological polar surface area (TPSA) is 78.9 Å². The summed E-state index contributed by atoms with van der Waals surface area (Å²) in [6.07, 6.45) is 1.54. The largest absolute Gasteiger partial charge is 0.483 e. The standard InChI is InChI=1S/C22H26N2O4/c1-2-24(14-22(26)27)18-12-17(13-18)23-21(25)15-28-20-11-7-6-10-19(20)16-8-4-3-5-9-16/h3-11,17-18H,2,12-15H2,1H3,(H,23,25)(H,26,27). The highest BCUT2D eigenvalue weighted by Gasteiger charge is 2.34. The molecule has 0 aromatic heterocycles. The van der Waals surface area contributed by atoms with Gasteiger partial charge in [-0.2, -0.15) is 0 Å². The van der Waals surface area contributed by atoms with Crippen LogP contribution in [0.5, 0.6) is 5.75 Å². The number of para-hydroxylation sites is 1. The average Bonchev–Trinajstić information content (AvgIpc) is 2.68. The molecule has 0 radical (unpaired) electrons. The van der Waals surface area contributed by atoms with Crippen LogP contribution < -0.4 is 10.1 Å². The summed E-state index contributed by atoms with van der Waals surface area (Å²) in [5, 5.41) is 11.9. The van der Waals surface area contributed by atoms with Gasteiger partial charge in [-0.3, -0.25) is 14.5 Å². The maximum Gasteiger partial charge on any atom is 0.317 e. The third-order valence-electron chi connectivity index (χ3n) is 5.07. The third kappa shape index (κ3) is 5.10. The van der Waals surface area contributed by atoms with Gasteiger partial charge in [0.2, 0.25) is 0 Å². The van der Waals surface area contributed by atoms with Gasteiger partial charge in [0, 0.05) is 17.6 Å². The molecule has 0 spiro atoms. The van der Waals surface area contributed by atoms with E-state index in [1.165, 1.54) is 0 Å². The van der Waals surface area contributed by atoms with Crippen molar-refractivity contribution in [3.63, 3.8) is 0 Å². The van der Waals surface area contributed by atoms with E-state index in [4.69, 9.17) is 9.84 Å². The lowest BCUT2D eigenvalue weighted by atomic mass is 9.85. The summed E-state index contributed by atoms with van der Waals surface area (Å²) in [4.78, 5) is 25.1. The van der Waals surface area contributed by atoms with Crippen LogP contribution in [-0.2, 0) is 9.59 Å². The number of carbonyl (C=O) groups excluding carboxylic acids is 1. The number of nitrogens with zero attached hydrogens (tertiary/aromatic N) is 1. The minimum atomic E-state index is -0.820. The van der Waals surface area contributed by atoms with Crippen LogP contribution >= 0.6 is 0 Å². The van der Waals surface area contributed by atoms with Crippen LogP contribution in [0.3, 0.4) is 0 Å². The molecule has 2 N–H and O–H groups in total. The Hall–Kier alpha value is -2.86. The number of hydrogen-bond donors (Lipinski definition) is 2. The molecule has 0 heterocycles. The van der Waals surface area contributed by atoms with Gasteiger partial charge >= 0.3 is 5.97 Å². The second kappa shape index (κ2) is 9.37. The van der Waals surface area contributed by atoms with Crippen molar-refractivity contribution < 1.29 is 19.4 Å². The van der Waals surface area contributed by atoms with Gasteiger partial charge in [-0.1, -0.05) is 55.5 Å². The summed E-state index contributed by atoms with van der Waals surface area (Å²) in [7, 11) is 0. The lowest BCUT2D eigenvalue weighted by Crippen LogP contribution is -2.55. The zero-order valence-corrected chi connectivity index (χ0v) is 16.0. The molecule has 3 rings (SSSR count). The van der Waals surface area contributed by atoms with Crippen molar-refractivity contribution in [3.8, 4) is 16.9 Å². The number of likely N-dealkylation sites (N-methyl/N-ethyl adjacent to an activating group) is 1. The van der Waals surface area contributed by atoms with Crippen molar-refractivity contribution in [2.75, 3.05) is 19.7 Å². The Morgan fingerprint density at radius 2 is 1.79 bits per heavy atom. The molecular weight excluding hydrogens is 356 g/mol. The zero-order valence-electron chi connectivity index (χ0n) is 16.0. The molecule has 0 aliphatic heterocycles. The van der Waals surface area contributed by atoms with E-state index in [9.17, 15) is 9.59 Å². The van der Waals surface area contributed by atoms with Crippen molar-refractivity contribution in [1.29, 1.82) is 0 Å². The van der Waals surface area contributed by atoms with Gasteiger partial charge in [-0.05, 0) is 31.0 Å². The number of benzene rings is 2. The fourth-order valence-electron chi connectivity index (χ4n) is 3.54. The third-order valence-corrected chi connectivity index (χ3v) is 5.07. The van der Waals surface area contributed by atoms with Gasteiger partial charge in [0.15, 0.2) is 6.61 Å². The number of carbonyl (C=O) groups is 2. The molecular formula is C22H26N2O4. The first-order valence-electron chi connectivity index (χ1n) is 9.59. The summed E-state index contributed by atoms with van der Waals surface area (Å²) in [6, 6.07) is 17.9. The Balaban J connectivity index is 1.48. The smallest absolute Gasteiger partial charge is 0.317 e. The first kappa shape index (κ1) is 19.9. The predicted octanol–water partition coefficient (Wildman–Crippen LogP) is 2.79. The molecule has 6 nitrogen and oxygen atoms in total. The van der Waals surface area contributed by atoms with Crippen LogP contribution in [0.1, 0.15) is 19.8 Å². The molecule has 1 aliphatic rings. The molecule has 0 unspecified atom stereocenters. The van der Waals surface area contributed by atoms with E-state index < -0.39 is 5.97 Å². The lowest BCUT2D eigenvalue weighted by molar-refractivity contribution is -0.139. The van der Waals surface area contributed by atoms with Gasteiger partial charge in [0.05, 0.1) is 6.54 Å². The Morgan fingerprint density at radius 1 is 1.11 bits per heavy atom. The van der Waals surface area contributed by atoms with Gasteiger partial charge in [0.25, 0.3) is 5.91 Å². The van der Waals surface area contributed by atoms with Crippen LogP contribution in [0.25, 0.3) is 11.1 Å². The number of aliphatic carboxylic acids is 1. The Bertz CT molecular complexity index is 803. The number of rotatable bonds is 9. The number of ether oxygens (including phenoxy) is 1. The van der Waals surface area contributed by atoms with Crippen molar-refractivity contribution in [1.82, 2.24) is 10.2 Å². The number of carboxylic acids is 1. The van der Waals surface area contributed by atoms with Gasteiger partial charge in [-0.15, -0.1) is 0 Å². The first-order chi connectivity index (χ1) is 13.6. The van der Waals surface area contributed by atoms with E-state index >= 15 is 0 Å². The first-order valence-corrected chi connectivity index (χ1v) is 9.59. The lowest BCUT2D eigenvalue weighted by Gasteiger charge is -2.42. The van der Waals surface area contributed by atoms with Crippen molar-refractivity contribution in [3.05, 3.63) is 54.6 Å². The summed E-state index contributed by atoms with van der Waals surface area (Å²) in [5.74, 6) is -0.304. The zero-order chi connectivity index (χ0) is 19.9. The second-order valence-corrected chi connectivity index (χ2v) is 7.00. The Kier molecular flexibility index (Phi) is 6.66. The van der Waals surface area contributed by atoms with Gasteiger partial charge < -0.3 is 15.2 Å². The average molecular weight is 382 g/mol. The Morgan fingerprint density at radius 3 is 2.46 bits per heavy atom. The van der Waals surface area contributed by atoms with Gasteiger partial charge in [0.1, 0.15) is 5.75 Å². The Labute approximate surface area is 165 Å². The summed E-state index contributed by atoms with van der Waals surface area (Å²) < 4.78 is 5.77. The predicted molar refractivity (Wildman–Crippen MR) is 107 cm³/mol. The number of carboxylic acid groups (broad SMARTS) is 1. The second-order valence-electron chi connectivity index (χ2n) is 7.00. The SMILES string of the molecule is CCN(CC(=O)O)C1CC(NC(=O)COc2ccccc2-c2ccccc2)C1. The quantitative estimate of drug-likeness (QED) is 0.697. The van der Waals surface area contributed by atoms with Crippen LogP contribution in [0.15, 0.2) is 54.6 Å². The molecule has 0 atom stereocenters. The molecule has 6 heteroatoms. The minimum Gasteiger partial charge on any atom is -0.483 e. The van der Waals surface area contributed by atoms with Crippen molar-refractivity contribution in [2.45, 2.75) is 31.8 Å². The number of hydrogen-bond acceptors (Lipinski definition) is 4. The van der Waals surface area contributed by atoms with Crippen LogP contribution in [-0.4, -0.2) is 53.7 Å². The summed E-state index contributed by atoms with van der Waals surface area (Å²) in [6.45, 7) is 2.64. The highest BCUT2D eigenvalue weighted by molar-refractivity contribution is 5.78. The molecule has 148 valence electrons. The summed E-state index contributed by atoms with van der Waals surface area (Å²) in [5.41, 5.74) is 1.99. The molecule has 1 aliphatic carbocycles. The van der Waals surface area contributed by atoms with Crippen LogP contribution in [0.4, 0.5) is 0 Å². The van der Waals surface area contributed by atoms with Crippen LogP contribution in [0, 0.1) is 0 Å². The normalized spacial score (nSPS) is 18.4. The van der Waals surface area contributed by atoms with E-state index in [0.717, 1.165) is 24.0 Å². The molecule has 2 aromatic rings. The highest BCUT2D eigenvalue weighted by atomic mass is 16.5. The number of nitrogens with one attached hydrogen (secondary N) is 1. The van der Waals surface area contributed by atoms with E-state index in [0.29, 0.717) is 12.3 Å². The fraction of sp³-hybridized carbons (Fsp3) is 0.364. The van der Waals surface area contributed by atoms with Crippen LogP contribution in [0.2, 0.25) is 0 Å². The summed E-state index contributed by atoms with van der Waals surface area (Å²) >= 11 is 0. The number of amides is 1. The van der Waals surface area contributed by atoms with E-state index in [1.807, 2.05) is 66.4 Å². The van der Waals surface area contributed by atoms with E-state index in [2.05, 4.69) is 5.32 Å². The van der Waals surface area contributed by atoms with E-state index in [1.54, 1.807) is 0 Å². The molecule has 2 aromatic carbocycles. The maximum atomic E-state index is 12.2. The fourth-order valence-corrected chi connectivity index (χ4v) is 3.54. The van der Waals surface area contributed by atoms with Gasteiger partial charge in [-0.25, -0.2) is 0 Å². The maximum absolute atomic E-state index is 12.2. The van der Waals surface area contributed by atoms with E-state index in [-0.39, 0.29) is 31.1 Å². The molecule has 1 amide bonds. The molecule has 1 fully saturated rings. The molecule has 0 bridgehead atoms. The molecule has 1 saturated carbocycles. The minimum absolute atomic E-state index is 0.0429. The highest BCUT2D eigenvalue weighted by Crippen LogP contribution is 2.29. The molecule has 0 saturated heterocycles. The monoisotopic (exact) mass is 382 g/mol. The molecule has 28 heavy (non-hydrogen) atoms. The van der Waals surface area contributed by atoms with Crippen molar-refractivity contribution >= 4 is 11.9 Å².